The van der Waals surface area contributed by atoms with E-state index in [1.807, 2.05) is 0 Å². The number of carbonyl (C=O) groups is 3. The van der Waals surface area contributed by atoms with Gasteiger partial charge in [-0.15, -0.1) is 12.4 Å². The summed E-state index contributed by atoms with van der Waals surface area (Å²) < 4.78 is 17.5. The van der Waals surface area contributed by atoms with Gasteiger partial charge in [-0.1, -0.05) is 35.3 Å². The topological polar surface area (TPSA) is 210 Å². The summed E-state index contributed by atoms with van der Waals surface area (Å²) in [6, 6.07) is 7.92. The van der Waals surface area contributed by atoms with Crippen LogP contribution >= 0.6 is 35.6 Å². The Bertz CT molecular complexity index is 1930. The molecule has 266 valence electrons. The third-order valence-electron chi connectivity index (χ3n) is 9.32. The Morgan fingerprint density at radius 2 is 1.78 bits per heavy atom. The molecule has 0 aromatic heterocycles. The summed E-state index contributed by atoms with van der Waals surface area (Å²) in [6.45, 7) is 3.04. The highest BCUT2D eigenvalue weighted by Crippen LogP contribution is 2.52. The van der Waals surface area contributed by atoms with Crippen molar-refractivity contribution in [1.29, 1.82) is 0 Å². The molecule has 3 aromatic rings. The Balaban J connectivity index is 0.00000486. The molecule has 6 rings (SSSR count). The minimum absolute atomic E-state index is 0. The van der Waals surface area contributed by atoms with Crippen LogP contribution in [0.3, 0.4) is 0 Å². The van der Waals surface area contributed by atoms with Gasteiger partial charge in [0.2, 0.25) is 5.78 Å². The average molecular weight is 751 g/mol. The van der Waals surface area contributed by atoms with Crippen molar-refractivity contribution in [3.05, 3.63) is 85.4 Å². The Morgan fingerprint density at radius 3 is 2.44 bits per heavy atom. The van der Waals surface area contributed by atoms with Crippen LogP contribution in [0.1, 0.15) is 86.1 Å². The molecule has 1 heterocycles. The van der Waals surface area contributed by atoms with Gasteiger partial charge in [-0.25, -0.2) is 5.43 Å². The molecule has 3 aliphatic rings. The van der Waals surface area contributed by atoms with Gasteiger partial charge in [0.25, 0.3) is 5.91 Å². The maximum absolute atomic E-state index is 13.9. The van der Waals surface area contributed by atoms with Gasteiger partial charge in [-0.05, 0) is 38.1 Å². The summed E-state index contributed by atoms with van der Waals surface area (Å²) in [5.74, 6) is -3.32. The number of nitrogens with two attached hydrogens (primary N) is 1. The van der Waals surface area contributed by atoms with Crippen molar-refractivity contribution in [2.75, 3.05) is 7.11 Å². The minimum atomic E-state index is -1.94. The smallest absolute Gasteiger partial charge is 0.271 e. The van der Waals surface area contributed by atoms with Crippen LogP contribution in [-0.4, -0.2) is 80.9 Å². The molecule has 0 bridgehead atoms. The molecule has 6 unspecified atom stereocenters. The van der Waals surface area contributed by atoms with E-state index in [2.05, 4.69) is 10.5 Å². The molecule has 1 fully saturated rings. The number of fused-ring (bicyclic) bond motifs is 3. The van der Waals surface area contributed by atoms with E-state index in [1.165, 1.54) is 50.4 Å². The van der Waals surface area contributed by atoms with Crippen LogP contribution in [0.2, 0.25) is 10.0 Å². The van der Waals surface area contributed by atoms with Gasteiger partial charge in [0.15, 0.2) is 12.1 Å². The normalized spacial score (nSPS) is 25.9. The lowest BCUT2D eigenvalue weighted by atomic mass is 9.71. The predicted molar refractivity (Wildman–Crippen MR) is 184 cm³/mol. The number of phenolic OH excluding ortho intramolecular Hbond substituents is 2. The Labute approximate surface area is 302 Å². The molecule has 6 atom stereocenters. The molecule has 0 radical (unpaired) electrons. The average Bonchev–Trinajstić information content (AvgIpc) is 3.06. The fourth-order valence-electron chi connectivity index (χ4n) is 6.61. The van der Waals surface area contributed by atoms with E-state index < -0.39 is 82.8 Å². The number of carbonyl (C=O) groups excluding carboxylic acids is 3. The Hall–Kier alpha value is -3.79. The molecule has 13 nitrogen and oxygen atoms in total. The standard InChI is InChI=1S/C34H33Cl2N3O10.ClH/c1-13-28(40)20(37)10-23(48-13)49-22-12-34(46,14(2)38-39-33(45)15-7-8-18(35)19(36)9-15)11-17-25(22)32(44)27-26(30(17)42)29(41)16-5-4-6-21(47-3)24(16)31(27)43;/h4-9,13,20,22-23,28,40,42,44,46H,10-12,37H2,1-3H3,(H,39,45);1H. The quantitative estimate of drug-likeness (QED) is 0.0943. The number of aromatic hydroxyl groups is 2. The van der Waals surface area contributed by atoms with Gasteiger partial charge < -0.3 is 40.4 Å². The summed E-state index contributed by atoms with van der Waals surface area (Å²) in [4.78, 5) is 40.6. The van der Waals surface area contributed by atoms with Crippen LogP contribution in [0, 0.1) is 0 Å². The van der Waals surface area contributed by atoms with Gasteiger partial charge >= 0.3 is 0 Å². The van der Waals surface area contributed by atoms with Crippen LogP contribution in [0.4, 0.5) is 0 Å². The van der Waals surface area contributed by atoms with E-state index in [-0.39, 0.29) is 74.6 Å². The highest BCUT2D eigenvalue weighted by Gasteiger charge is 2.49. The summed E-state index contributed by atoms with van der Waals surface area (Å²) in [6.07, 6.45) is -4.71. The third kappa shape index (κ3) is 6.33. The first kappa shape index (κ1) is 37.5. The van der Waals surface area contributed by atoms with Crippen LogP contribution in [0.25, 0.3) is 0 Å². The molecule has 1 saturated heterocycles. The van der Waals surface area contributed by atoms with Crippen LogP contribution in [0.5, 0.6) is 17.2 Å². The number of rotatable bonds is 6. The molecule has 1 amide bonds. The lowest BCUT2D eigenvalue weighted by Crippen LogP contribution is -2.52. The molecule has 16 heteroatoms. The molecule has 0 spiro atoms. The number of aliphatic hydroxyl groups is 2. The highest BCUT2D eigenvalue weighted by molar-refractivity contribution is 6.42. The molecular weight excluding hydrogens is 717 g/mol. The van der Waals surface area contributed by atoms with Crippen LogP contribution in [0.15, 0.2) is 41.5 Å². The van der Waals surface area contributed by atoms with E-state index in [1.54, 1.807) is 6.92 Å². The first-order valence-electron chi connectivity index (χ1n) is 15.3. The van der Waals surface area contributed by atoms with Crippen molar-refractivity contribution in [2.45, 2.75) is 69.4 Å². The number of nitrogens with one attached hydrogen (secondary N) is 1. The van der Waals surface area contributed by atoms with Gasteiger partial charge in [-0.2, -0.15) is 5.10 Å². The second-order valence-corrected chi connectivity index (χ2v) is 13.2. The highest BCUT2D eigenvalue weighted by atomic mass is 35.5. The van der Waals surface area contributed by atoms with E-state index in [0.29, 0.717) is 0 Å². The number of hydrogen-bond acceptors (Lipinski definition) is 12. The number of hydrazone groups is 1. The monoisotopic (exact) mass is 749 g/mol. The number of phenols is 2. The largest absolute Gasteiger partial charge is 0.507 e. The zero-order chi connectivity index (χ0) is 35.5. The maximum Gasteiger partial charge on any atom is 0.271 e. The number of methoxy groups -OCH3 is 1. The van der Waals surface area contributed by atoms with Crippen molar-refractivity contribution in [2.24, 2.45) is 10.8 Å². The number of nitrogens with zero attached hydrogens (tertiary/aromatic N) is 1. The molecular formula is C34H34Cl3N3O10. The van der Waals surface area contributed by atoms with Gasteiger partial charge in [-0.3, -0.25) is 14.4 Å². The number of halogens is 3. The summed E-state index contributed by atoms with van der Waals surface area (Å²) in [5.41, 5.74) is 5.55. The first-order chi connectivity index (χ1) is 23.2. The molecule has 0 saturated carbocycles. The van der Waals surface area contributed by atoms with Gasteiger partial charge in [0.05, 0.1) is 57.9 Å². The molecule has 2 aliphatic carbocycles. The lowest BCUT2D eigenvalue weighted by molar-refractivity contribution is -0.245. The molecule has 7 N–H and O–H groups in total. The van der Waals surface area contributed by atoms with Crippen LogP contribution in [-0.2, 0) is 15.9 Å². The van der Waals surface area contributed by atoms with Gasteiger partial charge in [0.1, 0.15) is 22.8 Å². The number of ketones is 2. The summed E-state index contributed by atoms with van der Waals surface area (Å²) in [5, 5.41) is 50.4. The molecule has 1 aliphatic heterocycles. The number of aliphatic hydroxyl groups excluding tert-OH is 1. The van der Waals surface area contributed by atoms with E-state index in [9.17, 15) is 34.8 Å². The van der Waals surface area contributed by atoms with Crippen molar-refractivity contribution in [3.8, 4) is 17.2 Å². The van der Waals surface area contributed by atoms with Crippen molar-refractivity contribution in [3.63, 3.8) is 0 Å². The summed E-state index contributed by atoms with van der Waals surface area (Å²) in [7, 11) is 1.33. The van der Waals surface area contributed by atoms with E-state index in [4.69, 9.17) is 43.1 Å². The predicted octanol–water partition coefficient (Wildman–Crippen LogP) is 3.97. The second kappa shape index (κ2) is 14.1. The van der Waals surface area contributed by atoms with E-state index >= 15 is 0 Å². The number of ether oxygens (including phenoxy) is 3. The second-order valence-electron chi connectivity index (χ2n) is 12.3. The van der Waals surface area contributed by atoms with Crippen molar-refractivity contribution < 1.29 is 49.0 Å². The molecule has 50 heavy (non-hydrogen) atoms. The summed E-state index contributed by atoms with van der Waals surface area (Å²) >= 11 is 12.0. The third-order valence-corrected chi connectivity index (χ3v) is 10.1. The first-order valence-corrected chi connectivity index (χ1v) is 16.1. The van der Waals surface area contributed by atoms with E-state index in [0.717, 1.165) is 0 Å². The van der Waals surface area contributed by atoms with Crippen molar-refractivity contribution in [1.82, 2.24) is 5.43 Å². The fraction of sp³-hybridized carbons (Fsp3) is 0.353. The number of benzene rings is 3. The SMILES string of the molecule is COc1cccc2c1C(=O)c1c(O)c3c(c(O)c1C2=O)CC(O)(C(C)=NNC(=O)c1ccc(Cl)c(Cl)c1)CC3OC1CC(N)C(O)C(C)O1.Cl. The van der Waals surface area contributed by atoms with Crippen LogP contribution < -0.4 is 15.9 Å². The Morgan fingerprint density at radius 1 is 1.08 bits per heavy atom. The number of amides is 1. The minimum Gasteiger partial charge on any atom is -0.507 e. The van der Waals surface area contributed by atoms with Crippen molar-refractivity contribution >= 4 is 58.8 Å². The van der Waals surface area contributed by atoms with Gasteiger partial charge in [0, 0.05) is 47.6 Å². The number of hydrogen-bond donors (Lipinski definition) is 6. The molecule has 3 aromatic carbocycles. The maximum atomic E-state index is 13.9. The Kier molecular flexibility index (Phi) is 10.6. The zero-order valence-corrected chi connectivity index (χ0v) is 29.2. The fourth-order valence-corrected chi connectivity index (χ4v) is 6.90. The zero-order valence-electron chi connectivity index (χ0n) is 26.9. The lowest BCUT2D eigenvalue weighted by Gasteiger charge is -2.42.